The monoisotopic (exact) mass is 535 g/mol. The molecular weight excluding hydrogens is 504 g/mol. The van der Waals surface area contributed by atoms with E-state index in [0.29, 0.717) is 17.3 Å². The number of fused-ring (bicyclic) bond motifs is 1. The molecule has 0 fully saturated rings. The van der Waals surface area contributed by atoms with Gasteiger partial charge >= 0.3 is 9.15 Å². The summed E-state index contributed by atoms with van der Waals surface area (Å²) in [5.41, 5.74) is 5.05. The first-order valence-electron chi connectivity index (χ1n) is 10.9. The van der Waals surface area contributed by atoms with Gasteiger partial charge < -0.3 is 4.90 Å². The largest absolute Gasteiger partial charge is 0.374 e. The summed E-state index contributed by atoms with van der Waals surface area (Å²) in [7, 11) is -5.01. The van der Waals surface area contributed by atoms with Gasteiger partial charge in [0.05, 0.1) is 11.1 Å². The Morgan fingerprint density at radius 2 is 1.74 bits per heavy atom. The second-order valence-corrected chi connectivity index (χ2v) is 14.5. The second kappa shape index (κ2) is 10.3. The second-order valence-electron chi connectivity index (χ2n) is 9.02. The smallest absolute Gasteiger partial charge is 0.319 e. The molecule has 2 aromatic rings. The highest BCUT2D eigenvalue weighted by molar-refractivity contribution is 8.69. The predicted molar refractivity (Wildman–Crippen MR) is 144 cm³/mol. The van der Waals surface area contributed by atoms with Crippen molar-refractivity contribution in [2.45, 2.75) is 24.2 Å². The molecule has 10 heteroatoms. The average molecular weight is 536 g/mol. The van der Waals surface area contributed by atoms with Crippen molar-refractivity contribution in [3.63, 3.8) is 0 Å². The fraction of sp³-hybridized carbons (Fsp3) is 0.280. The number of hydrogen-bond donors (Lipinski definition) is 2. The minimum Gasteiger partial charge on any atom is -0.374 e. The molecular formula is C25H31N2O5S3+. The number of hydrogen-bond acceptors (Lipinski definition) is 6. The van der Waals surface area contributed by atoms with Crippen molar-refractivity contribution in [3.05, 3.63) is 84.1 Å². The summed E-state index contributed by atoms with van der Waals surface area (Å²) in [5.74, 6) is 0.247. The number of nitrogens with two attached hydrogens (primary N) is 1. The van der Waals surface area contributed by atoms with Crippen molar-refractivity contribution in [1.82, 2.24) is 0 Å². The molecule has 7 nitrogen and oxygen atoms in total. The maximum atomic E-state index is 12.1. The van der Waals surface area contributed by atoms with Crippen molar-refractivity contribution >= 4 is 46.7 Å². The number of allylic oxidation sites excluding steroid dienone is 4. The highest BCUT2D eigenvalue weighted by Crippen LogP contribution is 2.38. The van der Waals surface area contributed by atoms with Crippen LogP contribution in [0.25, 0.3) is 5.57 Å². The van der Waals surface area contributed by atoms with E-state index in [1.165, 1.54) is 6.26 Å². The van der Waals surface area contributed by atoms with Gasteiger partial charge in [-0.25, -0.2) is 8.42 Å². The third kappa shape index (κ3) is 6.86. The first-order valence-corrected chi connectivity index (χ1v) is 15.7. The quantitative estimate of drug-likeness (QED) is 0.316. The number of sulfone groups is 1. The van der Waals surface area contributed by atoms with Gasteiger partial charge in [-0.3, -0.25) is 9.87 Å². The van der Waals surface area contributed by atoms with E-state index in [0.717, 1.165) is 33.6 Å². The van der Waals surface area contributed by atoms with Crippen LogP contribution in [0.3, 0.4) is 0 Å². The minimum absolute atomic E-state index is 0.247. The van der Waals surface area contributed by atoms with Crippen LogP contribution in [0.15, 0.2) is 77.9 Å². The molecule has 0 aliphatic carbocycles. The zero-order chi connectivity index (χ0) is 26.0. The molecule has 1 aliphatic heterocycles. The maximum absolute atomic E-state index is 12.1. The number of benzene rings is 2. The fourth-order valence-corrected chi connectivity index (χ4v) is 5.86. The first-order chi connectivity index (χ1) is 16.2. The molecule has 1 aliphatic rings. The van der Waals surface area contributed by atoms with Crippen LogP contribution >= 0.6 is 10.8 Å². The normalized spacial score (nSPS) is 18.4. The van der Waals surface area contributed by atoms with Gasteiger partial charge in [0.25, 0.3) is 0 Å². The Labute approximate surface area is 211 Å². The lowest BCUT2D eigenvalue weighted by molar-refractivity contribution is -0.497. The first kappa shape index (κ1) is 27.2. The molecule has 0 unspecified atom stereocenters. The summed E-state index contributed by atoms with van der Waals surface area (Å²) >= 11 is 0. The van der Waals surface area contributed by atoms with Crippen LogP contribution < -0.4 is 10.2 Å². The van der Waals surface area contributed by atoms with Crippen LogP contribution in [0.2, 0.25) is 0 Å². The Kier molecular flexibility index (Phi) is 8.02. The Balaban J connectivity index is 1.88. The Morgan fingerprint density at radius 3 is 2.34 bits per heavy atom. The van der Waals surface area contributed by atoms with Gasteiger partial charge in [-0.15, -0.1) is 0 Å². The van der Waals surface area contributed by atoms with Gasteiger partial charge in [0.15, 0.2) is 9.84 Å². The van der Waals surface area contributed by atoms with E-state index in [-0.39, 0.29) is 10.6 Å². The standard InChI is InChI=1S/C25H30N2O5S3/c1-18-16-20(19-6-8-21(9-7-19)27(4)14-15-33-35(30,31)32)12-13-26-24-11-10-22(34(5,28)29)17-23(24)25(18,2)3/h6-13,16-17,26H,1,14-15H2,2-5H3,(H,30,31,32)/p+1/b13-12-,20-16+. The van der Waals surface area contributed by atoms with Crippen molar-refractivity contribution in [2.24, 2.45) is 0 Å². The summed E-state index contributed by atoms with van der Waals surface area (Å²) < 4.78 is 55.0. The predicted octanol–water partition coefficient (Wildman–Crippen LogP) is 3.70. The molecule has 2 aromatic carbocycles. The zero-order valence-corrected chi connectivity index (χ0v) is 22.7. The molecule has 188 valence electrons. The molecule has 3 rings (SSSR count). The van der Waals surface area contributed by atoms with Gasteiger partial charge in [-0.2, -0.15) is 8.42 Å². The van der Waals surface area contributed by atoms with Gasteiger partial charge in [0.2, 0.25) is 0 Å². The lowest BCUT2D eigenvalue weighted by Crippen LogP contribution is -2.71. The van der Waals surface area contributed by atoms with Crippen molar-refractivity contribution < 1.29 is 26.7 Å². The van der Waals surface area contributed by atoms with E-state index < -0.39 is 24.4 Å². The van der Waals surface area contributed by atoms with Crippen LogP contribution in [-0.4, -0.2) is 47.0 Å². The molecule has 0 saturated carbocycles. The van der Waals surface area contributed by atoms with Crippen molar-refractivity contribution in [1.29, 1.82) is 0 Å². The Bertz CT molecular complexity index is 1390. The highest BCUT2D eigenvalue weighted by atomic mass is 33.1. The molecule has 0 atom stereocenters. The maximum Gasteiger partial charge on any atom is 0.319 e. The highest BCUT2D eigenvalue weighted by Gasteiger charge is 2.30. The number of quaternary nitrogens is 1. The van der Waals surface area contributed by atoms with Crippen LogP contribution in [0.5, 0.6) is 0 Å². The minimum atomic E-state index is -4.04. The van der Waals surface area contributed by atoms with Crippen LogP contribution in [0, 0.1) is 0 Å². The molecule has 3 N–H and O–H groups in total. The van der Waals surface area contributed by atoms with Gasteiger partial charge in [0.1, 0.15) is 5.69 Å². The zero-order valence-electron chi connectivity index (χ0n) is 20.2. The summed E-state index contributed by atoms with van der Waals surface area (Å²) in [6, 6.07) is 13.1. The van der Waals surface area contributed by atoms with E-state index in [2.05, 4.69) is 6.58 Å². The van der Waals surface area contributed by atoms with Crippen LogP contribution in [0.1, 0.15) is 25.0 Å². The third-order valence-corrected chi connectivity index (χ3v) is 9.26. The van der Waals surface area contributed by atoms with Gasteiger partial charge in [0, 0.05) is 48.3 Å². The van der Waals surface area contributed by atoms with Crippen molar-refractivity contribution in [3.8, 4) is 0 Å². The van der Waals surface area contributed by atoms with Crippen molar-refractivity contribution in [2.75, 3.05) is 30.5 Å². The topological polar surface area (TPSA) is 108 Å². The van der Waals surface area contributed by atoms with E-state index in [1.807, 2.05) is 79.8 Å². The van der Waals surface area contributed by atoms with E-state index in [1.54, 1.807) is 12.1 Å². The van der Waals surface area contributed by atoms with Crippen LogP contribution in [-0.2, 0) is 24.4 Å². The molecule has 0 bridgehead atoms. The summed E-state index contributed by atoms with van der Waals surface area (Å²) in [6.07, 6.45) is 7.18. The molecule has 0 amide bonds. The average Bonchev–Trinajstić information content (AvgIpc) is 2.80. The number of anilines is 1. The summed E-state index contributed by atoms with van der Waals surface area (Å²) in [4.78, 5) is 2.20. The Morgan fingerprint density at radius 1 is 1.09 bits per heavy atom. The molecule has 1 heterocycles. The third-order valence-electron chi connectivity index (χ3n) is 6.11. The number of nitrogens with zero attached hydrogens (tertiary/aromatic N) is 1. The lowest BCUT2D eigenvalue weighted by atomic mass is 9.76. The van der Waals surface area contributed by atoms with Crippen LogP contribution in [0.4, 0.5) is 11.4 Å². The van der Waals surface area contributed by atoms with E-state index in [4.69, 9.17) is 4.55 Å². The summed E-state index contributed by atoms with van der Waals surface area (Å²) in [6.45, 7) is 8.86. The summed E-state index contributed by atoms with van der Waals surface area (Å²) in [5, 5.41) is 1.98. The van der Waals surface area contributed by atoms with E-state index >= 15 is 0 Å². The number of rotatable bonds is 7. The fourth-order valence-electron chi connectivity index (χ4n) is 3.79. The molecule has 0 aromatic heterocycles. The van der Waals surface area contributed by atoms with Gasteiger partial charge in [-0.05, 0) is 57.8 Å². The Hall–Kier alpha value is -2.37. The lowest BCUT2D eigenvalue weighted by Gasteiger charge is -2.27. The molecule has 0 saturated heterocycles. The molecule has 0 spiro atoms. The van der Waals surface area contributed by atoms with Gasteiger partial charge in [-0.1, -0.05) is 38.6 Å². The van der Waals surface area contributed by atoms with E-state index in [9.17, 15) is 16.8 Å². The molecule has 35 heavy (non-hydrogen) atoms. The SMILES string of the molecule is C=C1/C=C(c2ccc(N(C)CCSS(=O)(=O)O)cc2)\C=C/[NH2+]c2ccc(S(C)(=O)=O)cc2C1(C)C. The molecule has 0 radical (unpaired) electrons.